The molecule has 1 aliphatic carbocycles. The molecule has 10 heteroatoms. The maximum Gasteiger partial charge on any atom is 0.326 e. The van der Waals surface area contributed by atoms with Gasteiger partial charge >= 0.3 is 12.0 Å². The monoisotopic (exact) mass is 458 g/mol. The molecule has 178 valence electrons. The van der Waals surface area contributed by atoms with Gasteiger partial charge in [-0.25, -0.2) is 14.3 Å². The van der Waals surface area contributed by atoms with E-state index in [1.54, 1.807) is 24.3 Å². The molecule has 1 aliphatic rings. The Balaban J connectivity index is 1.72. The second-order valence-corrected chi connectivity index (χ2v) is 8.08. The Morgan fingerprint density at radius 1 is 1.21 bits per heavy atom. The summed E-state index contributed by atoms with van der Waals surface area (Å²) in [5, 5.41) is 28.1. The van der Waals surface area contributed by atoms with Gasteiger partial charge in [0.1, 0.15) is 6.04 Å². The van der Waals surface area contributed by atoms with Crippen LogP contribution in [0.1, 0.15) is 37.7 Å². The second-order valence-electron chi connectivity index (χ2n) is 8.08. The fourth-order valence-corrected chi connectivity index (χ4v) is 4.02. The molecular formula is C23H30N4O6. The first kappa shape index (κ1) is 24.2. The summed E-state index contributed by atoms with van der Waals surface area (Å²) in [5.41, 5.74) is 1.16. The molecule has 1 heterocycles. The van der Waals surface area contributed by atoms with Crippen molar-refractivity contribution < 1.29 is 24.5 Å². The largest absolute Gasteiger partial charge is 0.494 e. The number of ether oxygens (including phenoxy) is 1. The maximum absolute atomic E-state index is 12.8. The molecule has 1 saturated carbocycles. The number of hydrogen-bond donors (Lipinski definition) is 4. The van der Waals surface area contributed by atoms with Crippen molar-refractivity contribution in [2.45, 2.75) is 57.2 Å². The van der Waals surface area contributed by atoms with Crippen molar-refractivity contribution in [1.29, 1.82) is 0 Å². The fraction of sp³-hybridized carbons (Fsp3) is 0.478. The number of carbonyl (C=O) groups excluding carboxylic acids is 1. The normalized spacial score (nSPS) is 15.0. The Bertz CT molecular complexity index is 1010. The lowest BCUT2D eigenvalue weighted by Crippen LogP contribution is -2.50. The SMILES string of the molecule is COc1cnn(CCO)c(=O)c1-c1ccc(C[C@H](NC(=O)NC2CCCCC2)C(=O)O)cc1. The number of nitrogens with one attached hydrogen (secondary N) is 2. The molecule has 0 spiro atoms. The number of aliphatic hydroxyl groups excluding tert-OH is 1. The van der Waals surface area contributed by atoms with E-state index < -0.39 is 23.6 Å². The summed E-state index contributed by atoms with van der Waals surface area (Å²) < 4.78 is 6.43. The van der Waals surface area contributed by atoms with Crippen LogP contribution < -0.4 is 20.9 Å². The number of rotatable bonds is 9. The molecule has 0 radical (unpaired) electrons. The van der Waals surface area contributed by atoms with Crippen LogP contribution in [-0.2, 0) is 17.8 Å². The van der Waals surface area contributed by atoms with Crippen LogP contribution in [0.3, 0.4) is 0 Å². The topological polar surface area (TPSA) is 143 Å². The van der Waals surface area contributed by atoms with E-state index in [0.29, 0.717) is 22.4 Å². The molecule has 0 bridgehead atoms. The van der Waals surface area contributed by atoms with Gasteiger partial charge in [0.15, 0.2) is 5.75 Å². The van der Waals surface area contributed by atoms with Crippen LogP contribution >= 0.6 is 0 Å². The highest BCUT2D eigenvalue weighted by atomic mass is 16.5. The minimum atomic E-state index is -1.12. The van der Waals surface area contributed by atoms with Crippen molar-refractivity contribution in [2.75, 3.05) is 13.7 Å². The lowest BCUT2D eigenvalue weighted by atomic mass is 9.96. The average Bonchev–Trinajstić information content (AvgIpc) is 2.81. The average molecular weight is 459 g/mol. The molecule has 33 heavy (non-hydrogen) atoms. The van der Waals surface area contributed by atoms with Gasteiger partial charge in [-0.3, -0.25) is 4.79 Å². The van der Waals surface area contributed by atoms with Crippen molar-refractivity contribution in [2.24, 2.45) is 0 Å². The van der Waals surface area contributed by atoms with Crippen LogP contribution in [0.4, 0.5) is 4.79 Å². The van der Waals surface area contributed by atoms with Gasteiger partial charge < -0.3 is 25.6 Å². The third-order valence-corrected chi connectivity index (χ3v) is 5.77. The molecule has 1 atom stereocenters. The number of aromatic nitrogens is 2. The van der Waals surface area contributed by atoms with Gasteiger partial charge in [0, 0.05) is 12.5 Å². The van der Waals surface area contributed by atoms with Crippen molar-refractivity contribution >= 4 is 12.0 Å². The first-order valence-electron chi connectivity index (χ1n) is 11.1. The van der Waals surface area contributed by atoms with Crippen molar-refractivity contribution in [3.63, 3.8) is 0 Å². The van der Waals surface area contributed by atoms with Crippen LogP contribution in [0.5, 0.6) is 5.75 Å². The maximum atomic E-state index is 12.8. The smallest absolute Gasteiger partial charge is 0.326 e. The molecule has 1 aromatic carbocycles. The number of benzene rings is 1. The third-order valence-electron chi connectivity index (χ3n) is 5.77. The predicted molar refractivity (Wildman–Crippen MR) is 121 cm³/mol. The molecule has 0 aliphatic heterocycles. The standard InChI is InChI=1S/C23H30N4O6/c1-33-19-14-24-27(11-12-28)21(29)20(19)16-9-7-15(8-10-16)13-18(22(30)31)26-23(32)25-17-5-3-2-4-6-17/h7-10,14,17-18,28H,2-6,11-13H2,1H3,(H,30,31)(H2,25,26,32)/t18-/m0/s1. The molecule has 0 saturated heterocycles. The van der Waals surface area contributed by atoms with Crippen LogP contribution in [0.25, 0.3) is 11.1 Å². The van der Waals surface area contributed by atoms with Crippen LogP contribution in [0, 0.1) is 0 Å². The summed E-state index contributed by atoms with van der Waals surface area (Å²) in [7, 11) is 1.44. The number of methoxy groups -OCH3 is 1. The van der Waals surface area contributed by atoms with Crippen molar-refractivity contribution in [3.8, 4) is 16.9 Å². The summed E-state index contributed by atoms with van der Waals surface area (Å²) in [5.74, 6) is -0.827. The number of hydrogen-bond acceptors (Lipinski definition) is 6. The molecule has 2 amide bonds. The Hall–Kier alpha value is -3.40. The van der Waals surface area contributed by atoms with Gasteiger partial charge in [0.2, 0.25) is 0 Å². The van der Waals surface area contributed by atoms with E-state index in [2.05, 4.69) is 15.7 Å². The number of carboxylic acids is 1. The molecule has 10 nitrogen and oxygen atoms in total. The highest BCUT2D eigenvalue weighted by Gasteiger charge is 2.23. The summed E-state index contributed by atoms with van der Waals surface area (Å²) >= 11 is 0. The molecule has 2 aromatic rings. The zero-order valence-corrected chi connectivity index (χ0v) is 18.6. The van der Waals surface area contributed by atoms with Crippen molar-refractivity contribution in [1.82, 2.24) is 20.4 Å². The van der Waals surface area contributed by atoms with Crippen molar-refractivity contribution in [3.05, 3.63) is 46.4 Å². The van der Waals surface area contributed by atoms with Crippen LogP contribution in [0.15, 0.2) is 35.3 Å². The van der Waals surface area contributed by atoms with Gasteiger partial charge in [-0.15, -0.1) is 0 Å². The minimum Gasteiger partial charge on any atom is -0.494 e. The molecule has 1 aromatic heterocycles. The third kappa shape index (κ3) is 6.32. The number of carboxylic acid groups (broad SMARTS) is 1. The van der Waals surface area contributed by atoms with E-state index in [1.165, 1.54) is 13.3 Å². The van der Waals surface area contributed by atoms with E-state index in [9.17, 15) is 19.5 Å². The van der Waals surface area contributed by atoms with Crippen LogP contribution in [-0.4, -0.2) is 57.8 Å². The van der Waals surface area contributed by atoms with E-state index >= 15 is 0 Å². The fourth-order valence-electron chi connectivity index (χ4n) is 4.02. The summed E-state index contributed by atoms with van der Waals surface area (Å²) in [6, 6.07) is 5.33. The zero-order valence-electron chi connectivity index (χ0n) is 18.6. The van der Waals surface area contributed by atoms with Gasteiger partial charge in [0.05, 0.1) is 32.0 Å². The second kappa shape index (κ2) is 11.5. The first-order valence-corrected chi connectivity index (χ1v) is 11.1. The van der Waals surface area contributed by atoms with Gasteiger partial charge in [-0.2, -0.15) is 5.10 Å². The van der Waals surface area contributed by atoms with E-state index in [-0.39, 0.29) is 25.6 Å². The summed E-state index contributed by atoms with van der Waals surface area (Å²) in [4.78, 5) is 36.8. The molecular weight excluding hydrogens is 428 g/mol. The Morgan fingerprint density at radius 3 is 2.52 bits per heavy atom. The number of aliphatic hydroxyl groups is 1. The molecule has 0 unspecified atom stereocenters. The lowest BCUT2D eigenvalue weighted by Gasteiger charge is -2.24. The number of aliphatic carboxylic acids is 1. The van der Waals surface area contributed by atoms with Gasteiger partial charge in [-0.05, 0) is 24.0 Å². The predicted octanol–water partition coefficient (Wildman–Crippen LogP) is 1.54. The number of nitrogens with zero attached hydrogens (tertiary/aromatic N) is 2. The summed E-state index contributed by atoms with van der Waals surface area (Å²) in [6.07, 6.45) is 6.61. The highest BCUT2D eigenvalue weighted by Crippen LogP contribution is 2.26. The molecule has 1 fully saturated rings. The Morgan fingerprint density at radius 2 is 1.91 bits per heavy atom. The zero-order chi connectivity index (χ0) is 23.8. The Kier molecular flexibility index (Phi) is 8.42. The first-order chi connectivity index (χ1) is 15.9. The molecule has 3 rings (SSSR count). The van der Waals surface area contributed by atoms with E-state index in [1.807, 2.05) is 0 Å². The summed E-state index contributed by atoms with van der Waals surface area (Å²) in [6.45, 7) is -0.168. The minimum absolute atomic E-state index is 0.0583. The lowest BCUT2D eigenvalue weighted by molar-refractivity contribution is -0.139. The number of amides is 2. The van der Waals surface area contributed by atoms with E-state index in [4.69, 9.17) is 9.84 Å². The highest BCUT2D eigenvalue weighted by molar-refractivity contribution is 5.83. The van der Waals surface area contributed by atoms with Gasteiger partial charge in [0.25, 0.3) is 5.56 Å². The molecule has 4 N–H and O–H groups in total. The number of carbonyl (C=O) groups is 2. The van der Waals surface area contributed by atoms with Crippen LogP contribution in [0.2, 0.25) is 0 Å². The quantitative estimate of drug-likeness (QED) is 0.446. The Labute approximate surface area is 191 Å². The number of urea groups is 1. The van der Waals surface area contributed by atoms with Gasteiger partial charge in [-0.1, -0.05) is 43.5 Å². The van der Waals surface area contributed by atoms with E-state index in [0.717, 1.165) is 36.8 Å².